The molecule has 1 aromatic heterocycles. The number of hydrogen-bond donors (Lipinski definition) is 2. The zero-order chi connectivity index (χ0) is 16.2. The van der Waals surface area contributed by atoms with Gasteiger partial charge in [0.2, 0.25) is 0 Å². The Morgan fingerprint density at radius 2 is 1.90 bits per heavy atom. The van der Waals surface area contributed by atoms with Crippen LogP contribution in [0.1, 0.15) is 63.8 Å². The molecule has 0 atom stereocenters. The molecule has 21 heavy (non-hydrogen) atoms. The summed E-state index contributed by atoms with van der Waals surface area (Å²) in [6.45, 7) is 13.3. The van der Waals surface area contributed by atoms with Crippen LogP contribution < -0.4 is 10.6 Å². The van der Waals surface area contributed by atoms with Gasteiger partial charge in [-0.15, -0.1) is 0 Å². The van der Waals surface area contributed by atoms with Gasteiger partial charge in [0.05, 0.1) is 11.9 Å². The topological polar surface area (TPSA) is 66.9 Å². The second-order valence-corrected chi connectivity index (χ2v) is 6.72. The van der Waals surface area contributed by atoms with Crippen LogP contribution in [0, 0.1) is 11.3 Å². The molecule has 1 heterocycles. The Kier molecular flexibility index (Phi) is 5.70. The van der Waals surface area contributed by atoms with E-state index in [1.165, 1.54) is 0 Å². The number of carbonyl (C=O) groups excluding carboxylic acids is 1. The van der Waals surface area contributed by atoms with E-state index in [2.05, 4.69) is 48.3 Å². The largest absolute Gasteiger partial charge is 0.385 e. The molecule has 0 aliphatic heterocycles. The summed E-state index contributed by atoms with van der Waals surface area (Å²) < 4.78 is 0. The average Bonchev–Trinajstić information content (AvgIpc) is 2.43. The molecule has 2 N–H and O–H groups in total. The number of amides is 1. The summed E-state index contributed by atoms with van der Waals surface area (Å²) in [6, 6.07) is 0. The maximum atomic E-state index is 12.4. The molecule has 0 unspecified atom stereocenters. The van der Waals surface area contributed by atoms with Gasteiger partial charge in [0.1, 0.15) is 5.82 Å². The van der Waals surface area contributed by atoms with Crippen molar-refractivity contribution in [1.29, 1.82) is 0 Å². The summed E-state index contributed by atoms with van der Waals surface area (Å²) in [6.07, 6.45) is 1.67. The number of rotatable bonds is 6. The fourth-order valence-corrected chi connectivity index (χ4v) is 1.63. The van der Waals surface area contributed by atoms with Gasteiger partial charge in [0.15, 0.2) is 5.69 Å². The highest BCUT2D eigenvalue weighted by atomic mass is 16.1. The number of nitrogens with zero attached hydrogens (tertiary/aromatic N) is 2. The fourth-order valence-electron chi connectivity index (χ4n) is 1.63. The highest BCUT2D eigenvalue weighted by Crippen LogP contribution is 2.25. The van der Waals surface area contributed by atoms with Crippen LogP contribution in [0.4, 0.5) is 5.69 Å². The summed E-state index contributed by atoms with van der Waals surface area (Å²) in [5.74, 6) is 1.20. The first-order valence-electron chi connectivity index (χ1n) is 7.52. The lowest BCUT2D eigenvalue weighted by molar-refractivity contribution is 0.0920. The van der Waals surface area contributed by atoms with Crippen LogP contribution in [0.5, 0.6) is 0 Å². The lowest BCUT2D eigenvalue weighted by Gasteiger charge is -2.29. The van der Waals surface area contributed by atoms with Crippen molar-refractivity contribution in [3.8, 4) is 0 Å². The number of carbonyl (C=O) groups is 1. The third-order valence-electron chi connectivity index (χ3n) is 4.08. The molecular weight excluding hydrogens is 264 g/mol. The molecular formula is C16H28N4O. The minimum absolute atomic E-state index is 0.0450. The van der Waals surface area contributed by atoms with E-state index in [1.54, 1.807) is 13.2 Å². The Morgan fingerprint density at radius 3 is 2.38 bits per heavy atom. The number of nitrogens with one attached hydrogen (secondary N) is 2. The average molecular weight is 292 g/mol. The van der Waals surface area contributed by atoms with E-state index in [9.17, 15) is 4.79 Å². The van der Waals surface area contributed by atoms with Crippen LogP contribution in [0.25, 0.3) is 0 Å². The van der Waals surface area contributed by atoms with Gasteiger partial charge in [-0.25, -0.2) is 9.97 Å². The van der Waals surface area contributed by atoms with Gasteiger partial charge < -0.3 is 10.6 Å². The summed E-state index contributed by atoms with van der Waals surface area (Å²) in [7, 11) is 1.77. The lowest BCUT2D eigenvalue weighted by atomic mass is 9.81. The van der Waals surface area contributed by atoms with Crippen LogP contribution in [0.3, 0.4) is 0 Å². The molecule has 0 radical (unpaired) electrons. The van der Waals surface area contributed by atoms with Crippen LogP contribution in [0.2, 0.25) is 0 Å². The molecule has 5 heteroatoms. The standard InChI is InChI=1S/C16H28N4O/c1-10(2)14-18-8-12(17-7)13(20-14)15(21)19-9-16(5,6)11(3)4/h8,10-11,17H,9H2,1-7H3,(H,19,21). The molecule has 0 fully saturated rings. The fraction of sp³-hybridized carbons (Fsp3) is 0.688. The van der Waals surface area contributed by atoms with Crippen molar-refractivity contribution in [2.24, 2.45) is 11.3 Å². The third-order valence-corrected chi connectivity index (χ3v) is 4.08. The molecule has 1 amide bonds. The van der Waals surface area contributed by atoms with Gasteiger partial charge in [0.25, 0.3) is 5.91 Å². The van der Waals surface area contributed by atoms with Crippen molar-refractivity contribution >= 4 is 11.6 Å². The summed E-state index contributed by atoms with van der Waals surface area (Å²) >= 11 is 0. The van der Waals surface area contributed by atoms with E-state index in [0.717, 1.165) is 0 Å². The highest BCUT2D eigenvalue weighted by molar-refractivity contribution is 5.97. The molecule has 1 aromatic rings. The molecule has 0 aromatic carbocycles. The Balaban J connectivity index is 2.93. The van der Waals surface area contributed by atoms with Crippen molar-refractivity contribution in [2.75, 3.05) is 18.9 Å². The second kappa shape index (κ2) is 6.87. The summed E-state index contributed by atoms with van der Waals surface area (Å²) in [5, 5.41) is 5.97. The monoisotopic (exact) mass is 292 g/mol. The Bertz CT molecular complexity index is 495. The first kappa shape index (κ1) is 17.4. The predicted molar refractivity (Wildman–Crippen MR) is 86.6 cm³/mol. The number of anilines is 1. The molecule has 0 saturated carbocycles. The molecule has 1 rings (SSSR count). The first-order valence-corrected chi connectivity index (χ1v) is 7.52. The number of aromatic nitrogens is 2. The van der Waals surface area contributed by atoms with Crippen LogP contribution >= 0.6 is 0 Å². The highest BCUT2D eigenvalue weighted by Gasteiger charge is 2.24. The summed E-state index contributed by atoms with van der Waals surface area (Å²) in [5.41, 5.74) is 1.11. The van der Waals surface area contributed by atoms with Crippen molar-refractivity contribution in [3.63, 3.8) is 0 Å². The molecule has 0 aliphatic rings. The smallest absolute Gasteiger partial charge is 0.272 e. The molecule has 0 saturated heterocycles. The molecule has 118 valence electrons. The van der Waals surface area contributed by atoms with Crippen molar-refractivity contribution in [3.05, 3.63) is 17.7 Å². The van der Waals surface area contributed by atoms with Crippen LogP contribution in [-0.4, -0.2) is 29.5 Å². The van der Waals surface area contributed by atoms with Gasteiger partial charge in [-0.1, -0.05) is 41.5 Å². The minimum Gasteiger partial charge on any atom is -0.385 e. The van der Waals surface area contributed by atoms with Gasteiger partial charge in [-0.3, -0.25) is 4.79 Å². The quantitative estimate of drug-likeness (QED) is 0.845. The second-order valence-electron chi connectivity index (χ2n) is 6.72. The van der Waals surface area contributed by atoms with E-state index in [0.29, 0.717) is 29.7 Å². The maximum absolute atomic E-state index is 12.4. The Hall–Kier alpha value is -1.65. The van der Waals surface area contributed by atoms with E-state index >= 15 is 0 Å². The van der Waals surface area contributed by atoms with Gasteiger partial charge >= 0.3 is 0 Å². The van der Waals surface area contributed by atoms with Gasteiger partial charge in [-0.2, -0.15) is 0 Å². The van der Waals surface area contributed by atoms with Crippen LogP contribution in [-0.2, 0) is 0 Å². The normalized spacial score (nSPS) is 11.9. The predicted octanol–water partition coefficient (Wildman–Crippen LogP) is 3.05. The zero-order valence-corrected chi connectivity index (χ0v) is 14.2. The lowest BCUT2D eigenvalue weighted by Crippen LogP contribution is -2.37. The molecule has 0 spiro atoms. The van der Waals surface area contributed by atoms with Crippen molar-refractivity contribution in [1.82, 2.24) is 15.3 Å². The zero-order valence-electron chi connectivity index (χ0n) is 14.2. The Labute approximate surface area is 128 Å². The van der Waals surface area contributed by atoms with E-state index < -0.39 is 0 Å². The van der Waals surface area contributed by atoms with E-state index in [4.69, 9.17) is 0 Å². The summed E-state index contributed by atoms with van der Waals surface area (Å²) in [4.78, 5) is 21.1. The molecule has 0 aliphatic carbocycles. The maximum Gasteiger partial charge on any atom is 0.272 e. The van der Waals surface area contributed by atoms with E-state index in [-0.39, 0.29) is 17.2 Å². The third kappa shape index (κ3) is 4.41. The number of hydrogen-bond acceptors (Lipinski definition) is 4. The van der Waals surface area contributed by atoms with E-state index in [1.807, 2.05) is 13.8 Å². The van der Waals surface area contributed by atoms with Crippen molar-refractivity contribution < 1.29 is 4.79 Å². The molecule has 5 nitrogen and oxygen atoms in total. The van der Waals surface area contributed by atoms with Crippen LogP contribution in [0.15, 0.2) is 6.20 Å². The SMILES string of the molecule is CNc1cnc(C(C)C)nc1C(=O)NCC(C)(C)C(C)C. The Morgan fingerprint density at radius 1 is 1.29 bits per heavy atom. The van der Waals surface area contributed by atoms with Gasteiger partial charge in [-0.05, 0) is 11.3 Å². The first-order chi connectivity index (χ1) is 9.69. The van der Waals surface area contributed by atoms with Gasteiger partial charge in [0, 0.05) is 19.5 Å². The molecule has 0 bridgehead atoms. The minimum atomic E-state index is -0.155. The van der Waals surface area contributed by atoms with Crippen molar-refractivity contribution in [2.45, 2.75) is 47.5 Å².